The van der Waals surface area contributed by atoms with Crippen molar-refractivity contribution in [2.24, 2.45) is 0 Å². The van der Waals surface area contributed by atoms with E-state index in [4.69, 9.17) is 10.2 Å². The third kappa shape index (κ3) is 1.30. The molecule has 11 heavy (non-hydrogen) atoms. The zero-order valence-corrected chi connectivity index (χ0v) is 6.58. The van der Waals surface area contributed by atoms with Gasteiger partial charge in [-0.25, -0.2) is 4.79 Å². The molecule has 64 valence electrons. The third-order valence-corrected chi connectivity index (χ3v) is 2.32. The number of aliphatic hydroxyl groups excluding tert-OH is 1. The van der Waals surface area contributed by atoms with E-state index in [1.54, 1.807) is 6.92 Å². The predicted octanol–water partition coefficient (Wildman–Crippen LogP) is 0.511. The lowest BCUT2D eigenvalue weighted by Crippen LogP contribution is -2.46. The average molecular weight is 159 g/mol. The van der Waals surface area contributed by atoms with Crippen molar-refractivity contribution in [2.45, 2.75) is 25.3 Å². The first-order valence-corrected chi connectivity index (χ1v) is 3.71. The standard InChI is InChI=1S/C7H13NO3/c1-7(5-9)3-2-4-8(7)6(10)11/h9H,2-5H2,1H3,(H,10,11)/t7-/m0/s1. The largest absolute Gasteiger partial charge is 0.465 e. The molecule has 1 amide bonds. The van der Waals surface area contributed by atoms with Crippen molar-refractivity contribution in [1.29, 1.82) is 0 Å². The molecule has 0 saturated carbocycles. The van der Waals surface area contributed by atoms with Gasteiger partial charge in [0.25, 0.3) is 0 Å². The highest BCUT2D eigenvalue weighted by atomic mass is 16.4. The Morgan fingerprint density at radius 2 is 2.36 bits per heavy atom. The number of likely N-dealkylation sites (tertiary alicyclic amines) is 1. The summed E-state index contributed by atoms with van der Waals surface area (Å²) in [6, 6.07) is 0. The third-order valence-electron chi connectivity index (χ3n) is 2.32. The summed E-state index contributed by atoms with van der Waals surface area (Å²) in [5.41, 5.74) is -0.536. The molecule has 4 heteroatoms. The molecule has 1 saturated heterocycles. The van der Waals surface area contributed by atoms with E-state index >= 15 is 0 Å². The van der Waals surface area contributed by atoms with Gasteiger partial charge in [-0.2, -0.15) is 0 Å². The summed E-state index contributed by atoms with van der Waals surface area (Å²) in [5.74, 6) is 0. The molecule has 0 bridgehead atoms. The topological polar surface area (TPSA) is 60.8 Å². The Morgan fingerprint density at radius 3 is 2.73 bits per heavy atom. The lowest BCUT2D eigenvalue weighted by molar-refractivity contribution is 0.0709. The number of amides is 1. The van der Waals surface area contributed by atoms with Crippen LogP contribution in [-0.2, 0) is 0 Å². The second-order valence-electron chi connectivity index (χ2n) is 3.19. The van der Waals surface area contributed by atoms with Gasteiger partial charge in [-0.05, 0) is 19.8 Å². The molecule has 0 unspecified atom stereocenters. The SMILES string of the molecule is C[C@@]1(CO)CCCN1C(=O)O. The lowest BCUT2D eigenvalue weighted by atomic mass is 10.0. The number of hydrogen-bond acceptors (Lipinski definition) is 2. The second-order valence-corrected chi connectivity index (χ2v) is 3.19. The van der Waals surface area contributed by atoms with Gasteiger partial charge in [-0.1, -0.05) is 0 Å². The Morgan fingerprint density at radius 1 is 1.73 bits per heavy atom. The van der Waals surface area contributed by atoms with Crippen molar-refractivity contribution >= 4 is 6.09 Å². The minimum Gasteiger partial charge on any atom is -0.465 e. The maximum absolute atomic E-state index is 10.6. The van der Waals surface area contributed by atoms with E-state index in [-0.39, 0.29) is 6.61 Å². The molecule has 4 nitrogen and oxygen atoms in total. The zero-order chi connectivity index (χ0) is 8.48. The van der Waals surface area contributed by atoms with Gasteiger partial charge < -0.3 is 15.1 Å². The summed E-state index contributed by atoms with van der Waals surface area (Å²) in [5, 5.41) is 17.6. The Balaban J connectivity index is 2.72. The first kappa shape index (κ1) is 8.33. The van der Waals surface area contributed by atoms with Gasteiger partial charge in [-0.3, -0.25) is 0 Å². The molecular formula is C7H13NO3. The molecule has 0 aromatic heterocycles. The Bertz CT molecular complexity index is 171. The van der Waals surface area contributed by atoms with Crippen LogP contribution in [0, 0.1) is 0 Å². The molecule has 0 radical (unpaired) electrons. The highest BCUT2D eigenvalue weighted by Gasteiger charge is 2.38. The van der Waals surface area contributed by atoms with Crippen LogP contribution in [0.3, 0.4) is 0 Å². The van der Waals surface area contributed by atoms with Gasteiger partial charge in [0.05, 0.1) is 12.1 Å². The smallest absolute Gasteiger partial charge is 0.407 e. The fourth-order valence-corrected chi connectivity index (χ4v) is 1.51. The molecule has 1 fully saturated rings. The Labute approximate surface area is 65.4 Å². The number of carboxylic acid groups (broad SMARTS) is 1. The molecule has 0 spiro atoms. The van der Waals surface area contributed by atoms with Crippen molar-refractivity contribution in [1.82, 2.24) is 4.90 Å². The molecule has 1 atom stereocenters. The van der Waals surface area contributed by atoms with Gasteiger partial charge in [0.15, 0.2) is 0 Å². The fraction of sp³-hybridized carbons (Fsp3) is 0.857. The van der Waals surface area contributed by atoms with Crippen LogP contribution in [0.4, 0.5) is 4.79 Å². The molecule has 0 aromatic rings. The molecule has 0 aromatic carbocycles. The summed E-state index contributed by atoms with van der Waals surface area (Å²) in [6.45, 7) is 2.24. The second kappa shape index (κ2) is 2.70. The van der Waals surface area contributed by atoms with Gasteiger partial charge in [-0.15, -0.1) is 0 Å². The number of nitrogens with zero attached hydrogens (tertiary/aromatic N) is 1. The number of aliphatic hydroxyl groups is 1. The normalized spacial score (nSPS) is 30.9. The summed E-state index contributed by atoms with van der Waals surface area (Å²) < 4.78 is 0. The molecule has 1 aliphatic heterocycles. The first-order valence-electron chi connectivity index (χ1n) is 3.71. The summed E-state index contributed by atoms with van der Waals surface area (Å²) in [6.07, 6.45) is 0.679. The highest BCUT2D eigenvalue weighted by Crippen LogP contribution is 2.27. The quantitative estimate of drug-likeness (QED) is 0.586. The lowest BCUT2D eigenvalue weighted by Gasteiger charge is -2.30. The maximum Gasteiger partial charge on any atom is 0.407 e. The van der Waals surface area contributed by atoms with Crippen LogP contribution in [0.1, 0.15) is 19.8 Å². The van der Waals surface area contributed by atoms with Gasteiger partial charge in [0.2, 0.25) is 0 Å². The van der Waals surface area contributed by atoms with Crippen LogP contribution < -0.4 is 0 Å². The molecule has 2 N–H and O–H groups in total. The van der Waals surface area contributed by atoms with E-state index in [0.29, 0.717) is 6.54 Å². The fourth-order valence-electron chi connectivity index (χ4n) is 1.51. The van der Waals surface area contributed by atoms with Crippen molar-refractivity contribution in [2.75, 3.05) is 13.2 Å². The van der Waals surface area contributed by atoms with Crippen molar-refractivity contribution in [3.05, 3.63) is 0 Å². The van der Waals surface area contributed by atoms with Gasteiger partial charge in [0.1, 0.15) is 0 Å². The van der Waals surface area contributed by atoms with E-state index in [2.05, 4.69) is 0 Å². The highest BCUT2D eigenvalue weighted by molar-refractivity contribution is 5.66. The van der Waals surface area contributed by atoms with E-state index in [9.17, 15) is 4.79 Å². The van der Waals surface area contributed by atoms with Crippen LogP contribution in [0.5, 0.6) is 0 Å². The Kier molecular flexibility index (Phi) is 2.04. The maximum atomic E-state index is 10.6. The summed E-state index contributed by atoms with van der Waals surface area (Å²) in [7, 11) is 0. The molecule has 0 aliphatic carbocycles. The van der Waals surface area contributed by atoms with E-state index in [1.807, 2.05) is 0 Å². The van der Waals surface area contributed by atoms with Crippen molar-refractivity contribution in [3.8, 4) is 0 Å². The molecule has 1 heterocycles. The minimum absolute atomic E-state index is 0.0840. The summed E-state index contributed by atoms with van der Waals surface area (Å²) in [4.78, 5) is 11.9. The zero-order valence-electron chi connectivity index (χ0n) is 6.58. The average Bonchev–Trinajstić information content (AvgIpc) is 2.32. The molecule has 1 rings (SSSR count). The number of rotatable bonds is 1. The van der Waals surface area contributed by atoms with Gasteiger partial charge in [0, 0.05) is 6.54 Å². The first-order chi connectivity index (χ1) is 5.10. The Hall–Kier alpha value is -0.770. The molecule has 1 aliphatic rings. The van der Waals surface area contributed by atoms with Crippen LogP contribution in [0.25, 0.3) is 0 Å². The van der Waals surface area contributed by atoms with Crippen LogP contribution in [0.2, 0.25) is 0 Å². The summed E-state index contributed by atoms with van der Waals surface area (Å²) >= 11 is 0. The van der Waals surface area contributed by atoms with Gasteiger partial charge >= 0.3 is 6.09 Å². The van der Waals surface area contributed by atoms with Crippen LogP contribution >= 0.6 is 0 Å². The van der Waals surface area contributed by atoms with Crippen molar-refractivity contribution in [3.63, 3.8) is 0 Å². The van der Waals surface area contributed by atoms with E-state index < -0.39 is 11.6 Å². The van der Waals surface area contributed by atoms with Crippen LogP contribution in [0.15, 0.2) is 0 Å². The number of carbonyl (C=O) groups is 1. The number of hydrogen-bond donors (Lipinski definition) is 2. The predicted molar refractivity (Wildman–Crippen MR) is 39.5 cm³/mol. The van der Waals surface area contributed by atoms with Crippen molar-refractivity contribution < 1.29 is 15.0 Å². The monoisotopic (exact) mass is 159 g/mol. The molecular weight excluding hydrogens is 146 g/mol. The van der Waals surface area contributed by atoms with E-state index in [0.717, 1.165) is 12.8 Å². The minimum atomic E-state index is -0.931. The van der Waals surface area contributed by atoms with E-state index in [1.165, 1.54) is 4.90 Å². The van der Waals surface area contributed by atoms with Crippen LogP contribution in [-0.4, -0.2) is 39.9 Å².